The van der Waals surface area contributed by atoms with Gasteiger partial charge in [0.1, 0.15) is 0 Å². The molecule has 1 aliphatic heterocycles. The van der Waals surface area contributed by atoms with E-state index in [-0.39, 0.29) is 11.2 Å². The smallest absolute Gasteiger partial charge is 0.150 e. The van der Waals surface area contributed by atoms with Crippen LogP contribution in [-0.2, 0) is 9.84 Å². The van der Waals surface area contributed by atoms with Gasteiger partial charge < -0.3 is 5.32 Å². The molecule has 5 heteroatoms. The van der Waals surface area contributed by atoms with Crippen LogP contribution in [0, 0.1) is 22.7 Å². The van der Waals surface area contributed by atoms with Gasteiger partial charge in [-0.1, -0.05) is 6.42 Å². The molecule has 0 aromatic rings. The molecule has 1 N–H and O–H groups in total. The zero-order valence-electron chi connectivity index (χ0n) is 10.7. The summed E-state index contributed by atoms with van der Waals surface area (Å²) >= 11 is 0. The van der Waals surface area contributed by atoms with E-state index in [1.54, 1.807) is 0 Å². The monoisotopic (exact) mass is 258 g/mol. The molecule has 1 aliphatic rings. The molecule has 17 heavy (non-hydrogen) atoms. The molecular formula is C12H22N2O2S. The third-order valence-electron chi connectivity index (χ3n) is 3.17. The second-order valence-corrected chi connectivity index (χ2v) is 7.82. The average Bonchev–Trinajstić information content (AvgIpc) is 2.19. The third-order valence-corrected chi connectivity index (χ3v) is 5.06. The Morgan fingerprint density at radius 3 is 2.47 bits per heavy atom. The van der Waals surface area contributed by atoms with Crippen molar-refractivity contribution in [3.05, 3.63) is 0 Å². The largest absolute Gasteiger partial charge is 0.316 e. The minimum Gasteiger partial charge on any atom is -0.316 e. The van der Waals surface area contributed by atoms with Crippen molar-refractivity contribution in [1.29, 1.82) is 5.26 Å². The van der Waals surface area contributed by atoms with Gasteiger partial charge in [-0.2, -0.15) is 5.26 Å². The molecule has 0 aromatic carbocycles. The van der Waals surface area contributed by atoms with Gasteiger partial charge in [0.15, 0.2) is 9.84 Å². The van der Waals surface area contributed by atoms with E-state index >= 15 is 0 Å². The molecule has 0 bridgehead atoms. The number of nitrogens with zero attached hydrogens (tertiary/aromatic N) is 1. The third kappa shape index (κ3) is 5.51. The molecule has 0 atom stereocenters. The van der Waals surface area contributed by atoms with Gasteiger partial charge in [-0.25, -0.2) is 8.42 Å². The van der Waals surface area contributed by atoms with E-state index in [0.29, 0.717) is 18.1 Å². The SMILES string of the molecule is CC(C)(C#N)CCCCS(=O)(=O)CC1CNC1. The molecule has 0 spiro atoms. The lowest BCUT2D eigenvalue weighted by atomic mass is 9.89. The van der Waals surface area contributed by atoms with E-state index in [1.165, 1.54) is 0 Å². The summed E-state index contributed by atoms with van der Waals surface area (Å²) in [6.07, 6.45) is 2.25. The highest BCUT2D eigenvalue weighted by Gasteiger charge is 2.24. The van der Waals surface area contributed by atoms with Crippen LogP contribution in [0.25, 0.3) is 0 Å². The first-order valence-corrected chi connectivity index (χ1v) is 7.99. The molecular weight excluding hydrogens is 236 g/mol. The average molecular weight is 258 g/mol. The van der Waals surface area contributed by atoms with Crippen molar-refractivity contribution in [3.63, 3.8) is 0 Å². The number of rotatable bonds is 7. The predicted octanol–water partition coefficient (Wildman–Crippen LogP) is 1.34. The predicted molar refractivity (Wildman–Crippen MR) is 68.3 cm³/mol. The lowest BCUT2D eigenvalue weighted by molar-refractivity contribution is 0.378. The van der Waals surface area contributed by atoms with E-state index in [1.807, 2.05) is 13.8 Å². The minimum absolute atomic E-state index is 0.269. The highest BCUT2D eigenvalue weighted by molar-refractivity contribution is 7.91. The fourth-order valence-electron chi connectivity index (χ4n) is 1.85. The second-order valence-electron chi connectivity index (χ2n) is 5.59. The van der Waals surface area contributed by atoms with Crippen LogP contribution >= 0.6 is 0 Å². The quantitative estimate of drug-likeness (QED) is 0.700. The van der Waals surface area contributed by atoms with Crippen LogP contribution in [-0.4, -0.2) is 33.0 Å². The van der Waals surface area contributed by atoms with Crippen molar-refractivity contribution in [2.24, 2.45) is 11.3 Å². The Bertz CT molecular complexity index is 378. The van der Waals surface area contributed by atoms with Crippen molar-refractivity contribution in [1.82, 2.24) is 5.32 Å². The zero-order chi connectivity index (χ0) is 12.9. The van der Waals surface area contributed by atoms with Crippen molar-refractivity contribution >= 4 is 9.84 Å². The second kappa shape index (κ2) is 5.83. The van der Waals surface area contributed by atoms with E-state index < -0.39 is 9.84 Å². The first-order valence-electron chi connectivity index (χ1n) is 6.17. The Balaban J connectivity index is 2.19. The van der Waals surface area contributed by atoms with Gasteiger partial charge in [-0.15, -0.1) is 0 Å². The molecule has 0 radical (unpaired) electrons. The number of nitrogens with one attached hydrogen (secondary N) is 1. The first-order chi connectivity index (χ1) is 7.85. The Kier molecular flexibility index (Phi) is 4.96. The van der Waals surface area contributed by atoms with E-state index in [9.17, 15) is 8.42 Å². The van der Waals surface area contributed by atoms with Crippen molar-refractivity contribution < 1.29 is 8.42 Å². The van der Waals surface area contributed by atoms with Crippen molar-refractivity contribution in [2.45, 2.75) is 33.1 Å². The van der Waals surface area contributed by atoms with Gasteiger partial charge in [-0.05, 0) is 32.6 Å². The summed E-state index contributed by atoms with van der Waals surface area (Å²) in [5.74, 6) is 0.905. The molecule has 1 heterocycles. The molecule has 1 rings (SSSR count). The molecule has 0 unspecified atom stereocenters. The van der Waals surface area contributed by atoms with Gasteiger partial charge in [0.25, 0.3) is 0 Å². The topological polar surface area (TPSA) is 70.0 Å². The standard InChI is InChI=1S/C12H22N2O2S/c1-12(2,10-13)5-3-4-6-17(15,16)9-11-7-14-8-11/h11,14H,3-9H2,1-2H3. The Hall–Kier alpha value is -0.600. The molecule has 4 nitrogen and oxygen atoms in total. The van der Waals surface area contributed by atoms with Crippen LogP contribution in [0.1, 0.15) is 33.1 Å². The van der Waals surface area contributed by atoms with Gasteiger partial charge in [0, 0.05) is 13.1 Å². The molecule has 1 saturated heterocycles. The van der Waals surface area contributed by atoms with Crippen molar-refractivity contribution in [2.75, 3.05) is 24.6 Å². The molecule has 98 valence electrons. The maximum atomic E-state index is 11.7. The van der Waals surface area contributed by atoms with Crippen molar-refractivity contribution in [3.8, 4) is 6.07 Å². The van der Waals surface area contributed by atoms with E-state index in [4.69, 9.17) is 5.26 Å². The number of nitriles is 1. The number of sulfone groups is 1. The molecule has 0 saturated carbocycles. The molecule has 0 aromatic heterocycles. The maximum Gasteiger partial charge on any atom is 0.150 e. The van der Waals surface area contributed by atoms with Gasteiger partial charge >= 0.3 is 0 Å². The fraction of sp³-hybridized carbons (Fsp3) is 0.917. The van der Waals surface area contributed by atoms with Gasteiger partial charge in [0.05, 0.1) is 23.0 Å². The highest BCUT2D eigenvalue weighted by atomic mass is 32.2. The first kappa shape index (κ1) is 14.5. The maximum absolute atomic E-state index is 11.7. The molecule has 1 fully saturated rings. The van der Waals surface area contributed by atoms with Crippen LogP contribution in [0.3, 0.4) is 0 Å². The van der Waals surface area contributed by atoms with Crippen LogP contribution in [0.4, 0.5) is 0 Å². The Morgan fingerprint density at radius 1 is 1.35 bits per heavy atom. The summed E-state index contributed by atoms with van der Waals surface area (Å²) in [6, 6.07) is 2.23. The summed E-state index contributed by atoms with van der Waals surface area (Å²) < 4.78 is 23.5. The fourth-order valence-corrected chi connectivity index (χ4v) is 3.62. The van der Waals surface area contributed by atoms with Crippen LogP contribution in [0.5, 0.6) is 0 Å². The number of unbranched alkanes of at least 4 members (excludes halogenated alkanes) is 1. The van der Waals surface area contributed by atoms with Crippen LogP contribution in [0.2, 0.25) is 0 Å². The van der Waals surface area contributed by atoms with E-state index in [2.05, 4.69) is 11.4 Å². The minimum atomic E-state index is -2.89. The Labute approximate surface area is 104 Å². The molecule has 0 amide bonds. The number of hydrogen-bond donors (Lipinski definition) is 1. The summed E-state index contributed by atoms with van der Waals surface area (Å²) in [5, 5.41) is 11.9. The summed E-state index contributed by atoms with van der Waals surface area (Å²) in [6.45, 7) is 5.45. The van der Waals surface area contributed by atoms with Gasteiger partial charge in [-0.3, -0.25) is 0 Å². The van der Waals surface area contributed by atoms with Gasteiger partial charge in [0.2, 0.25) is 0 Å². The summed E-state index contributed by atoms with van der Waals surface area (Å²) in [4.78, 5) is 0. The zero-order valence-corrected chi connectivity index (χ0v) is 11.5. The van der Waals surface area contributed by atoms with Crippen LogP contribution in [0.15, 0.2) is 0 Å². The normalized spacial score (nSPS) is 17.5. The lowest BCUT2D eigenvalue weighted by Crippen LogP contribution is -2.45. The highest BCUT2D eigenvalue weighted by Crippen LogP contribution is 2.22. The van der Waals surface area contributed by atoms with E-state index in [0.717, 1.165) is 25.9 Å². The Morgan fingerprint density at radius 2 is 2.00 bits per heavy atom. The summed E-state index contributed by atoms with van der Waals surface area (Å²) in [7, 11) is -2.89. The summed E-state index contributed by atoms with van der Waals surface area (Å²) in [5.41, 5.74) is -0.332. The van der Waals surface area contributed by atoms with Crippen LogP contribution < -0.4 is 5.32 Å². The number of hydrogen-bond acceptors (Lipinski definition) is 4. The lowest BCUT2D eigenvalue weighted by Gasteiger charge is -2.26. The molecule has 0 aliphatic carbocycles.